The van der Waals surface area contributed by atoms with Crippen LogP contribution >= 0.6 is 15.9 Å². The summed E-state index contributed by atoms with van der Waals surface area (Å²) in [4.78, 5) is 4.21. The SMILES string of the molecule is CCOc1cc(CBr)ncc1C. The van der Waals surface area contributed by atoms with E-state index in [0.29, 0.717) is 6.61 Å². The molecule has 0 aliphatic rings. The number of aryl methyl sites for hydroxylation is 1. The van der Waals surface area contributed by atoms with E-state index in [-0.39, 0.29) is 0 Å². The molecule has 0 radical (unpaired) electrons. The number of pyridine rings is 1. The maximum atomic E-state index is 5.42. The van der Waals surface area contributed by atoms with Gasteiger partial charge >= 0.3 is 0 Å². The second-order valence-corrected chi connectivity index (χ2v) is 3.07. The molecule has 0 spiro atoms. The zero-order chi connectivity index (χ0) is 8.97. The van der Waals surface area contributed by atoms with Gasteiger partial charge in [0.2, 0.25) is 0 Å². The van der Waals surface area contributed by atoms with Crippen LogP contribution in [0.1, 0.15) is 18.2 Å². The highest BCUT2D eigenvalue weighted by molar-refractivity contribution is 9.08. The first-order chi connectivity index (χ1) is 5.77. The van der Waals surface area contributed by atoms with Gasteiger partial charge in [0.05, 0.1) is 12.3 Å². The van der Waals surface area contributed by atoms with Crippen LogP contribution in [0.4, 0.5) is 0 Å². The van der Waals surface area contributed by atoms with E-state index >= 15 is 0 Å². The monoisotopic (exact) mass is 229 g/mol. The zero-order valence-corrected chi connectivity index (χ0v) is 8.89. The van der Waals surface area contributed by atoms with Crippen molar-refractivity contribution in [3.8, 4) is 5.75 Å². The van der Waals surface area contributed by atoms with Crippen LogP contribution in [0.2, 0.25) is 0 Å². The highest BCUT2D eigenvalue weighted by Crippen LogP contribution is 2.18. The van der Waals surface area contributed by atoms with E-state index in [4.69, 9.17) is 4.74 Å². The van der Waals surface area contributed by atoms with Crippen molar-refractivity contribution >= 4 is 15.9 Å². The number of ether oxygens (including phenoxy) is 1. The average Bonchev–Trinajstić information content (AvgIpc) is 2.09. The topological polar surface area (TPSA) is 22.1 Å². The highest BCUT2D eigenvalue weighted by Gasteiger charge is 2.00. The standard InChI is InChI=1S/C9H12BrNO/c1-3-12-9-4-8(5-10)11-6-7(9)2/h4,6H,3,5H2,1-2H3. The predicted octanol–water partition coefficient (Wildman–Crippen LogP) is 2.68. The van der Waals surface area contributed by atoms with Crippen molar-refractivity contribution in [1.29, 1.82) is 0 Å². The van der Waals surface area contributed by atoms with Crippen molar-refractivity contribution in [3.05, 3.63) is 23.5 Å². The summed E-state index contributed by atoms with van der Waals surface area (Å²) in [7, 11) is 0. The molecule has 1 rings (SSSR count). The van der Waals surface area contributed by atoms with E-state index in [1.807, 2.05) is 26.1 Å². The van der Waals surface area contributed by atoms with Gasteiger partial charge in [0, 0.05) is 23.2 Å². The summed E-state index contributed by atoms with van der Waals surface area (Å²) in [6.45, 7) is 4.68. The van der Waals surface area contributed by atoms with E-state index in [0.717, 1.165) is 22.3 Å². The van der Waals surface area contributed by atoms with Crippen molar-refractivity contribution in [2.45, 2.75) is 19.2 Å². The number of rotatable bonds is 3. The molecule has 0 amide bonds. The molecule has 0 bridgehead atoms. The molecule has 0 unspecified atom stereocenters. The molecular formula is C9H12BrNO. The maximum Gasteiger partial charge on any atom is 0.125 e. The summed E-state index contributed by atoms with van der Waals surface area (Å²) in [5, 5.41) is 0.771. The van der Waals surface area contributed by atoms with Crippen molar-refractivity contribution in [2.75, 3.05) is 6.61 Å². The third-order valence-corrected chi connectivity index (χ3v) is 2.12. The molecule has 0 saturated carbocycles. The van der Waals surface area contributed by atoms with Gasteiger partial charge in [-0.2, -0.15) is 0 Å². The Kier molecular flexibility index (Phi) is 3.53. The number of hydrogen-bond donors (Lipinski definition) is 0. The molecule has 12 heavy (non-hydrogen) atoms. The van der Waals surface area contributed by atoms with Crippen LogP contribution in [0.3, 0.4) is 0 Å². The molecule has 2 nitrogen and oxygen atoms in total. The lowest BCUT2D eigenvalue weighted by molar-refractivity contribution is 0.337. The minimum atomic E-state index is 0.701. The Hall–Kier alpha value is -0.570. The first-order valence-electron chi connectivity index (χ1n) is 3.92. The Morgan fingerprint density at radius 3 is 2.92 bits per heavy atom. The van der Waals surface area contributed by atoms with Crippen LogP contribution in [-0.4, -0.2) is 11.6 Å². The van der Waals surface area contributed by atoms with Gasteiger partial charge in [-0.15, -0.1) is 0 Å². The smallest absolute Gasteiger partial charge is 0.125 e. The lowest BCUT2D eigenvalue weighted by Crippen LogP contribution is -1.96. The lowest BCUT2D eigenvalue weighted by Gasteiger charge is -2.06. The molecule has 0 fully saturated rings. The fourth-order valence-corrected chi connectivity index (χ4v) is 1.24. The predicted molar refractivity (Wildman–Crippen MR) is 52.8 cm³/mol. The van der Waals surface area contributed by atoms with Crippen molar-refractivity contribution in [3.63, 3.8) is 0 Å². The number of aromatic nitrogens is 1. The molecule has 0 aliphatic carbocycles. The summed E-state index contributed by atoms with van der Waals surface area (Å²) in [6.07, 6.45) is 1.83. The Bertz CT molecular complexity index is 263. The molecule has 3 heteroatoms. The normalized spacial score (nSPS) is 9.92. The van der Waals surface area contributed by atoms with Gasteiger partial charge < -0.3 is 4.74 Å². The van der Waals surface area contributed by atoms with Gasteiger partial charge in [-0.05, 0) is 13.8 Å². The molecule has 0 saturated heterocycles. The molecule has 0 N–H and O–H groups in total. The first-order valence-corrected chi connectivity index (χ1v) is 5.04. The fourth-order valence-electron chi connectivity index (χ4n) is 0.930. The van der Waals surface area contributed by atoms with Gasteiger partial charge in [0.1, 0.15) is 5.75 Å². The third kappa shape index (κ3) is 2.21. The van der Waals surface area contributed by atoms with Crippen LogP contribution in [-0.2, 0) is 5.33 Å². The van der Waals surface area contributed by atoms with E-state index in [1.165, 1.54) is 0 Å². The van der Waals surface area contributed by atoms with Gasteiger partial charge in [-0.1, -0.05) is 15.9 Å². The van der Waals surface area contributed by atoms with Crippen LogP contribution in [0.5, 0.6) is 5.75 Å². The maximum absolute atomic E-state index is 5.42. The molecule has 0 aromatic carbocycles. The Balaban J connectivity index is 2.91. The minimum Gasteiger partial charge on any atom is -0.493 e. The summed E-state index contributed by atoms with van der Waals surface area (Å²) in [5.74, 6) is 0.932. The second-order valence-electron chi connectivity index (χ2n) is 2.51. The summed E-state index contributed by atoms with van der Waals surface area (Å²) in [6, 6.07) is 1.97. The van der Waals surface area contributed by atoms with Crippen LogP contribution < -0.4 is 4.74 Å². The van der Waals surface area contributed by atoms with Crippen LogP contribution in [0.25, 0.3) is 0 Å². The molecule has 1 aromatic rings. The number of nitrogens with zero attached hydrogens (tertiary/aromatic N) is 1. The average molecular weight is 230 g/mol. The largest absolute Gasteiger partial charge is 0.493 e. The minimum absolute atomic E-state index is 0.701. The Labute approximate surface area is 81.1 Å². The number of hydrogen-bond acceptors (Lipinski definition) is 2. The van der Waals surface area contributed by atoms with E-state index in [9.17, 15) is 0 Å². The van der Waals surface area contributed by atoms with Crippen molar-refractivity contribution < 1.29 is 4.74 Å². The number of alkyl halides is 1. The Morgan fingerprint density at radius 1 is 1.58 bits per heavy atom. The van der Waals surface area contributed by atoms with Gasteiger partial charge in [0.25, 0.3) is 0 Å². The quantitative estimate of drug-likeness (QED) is 0.744. The number of halogens is 1. The molecule has 0 atom stereocenters. The molecule has 1 aromatic heterocycles. The molecular weight excluding hydrogens is 218 g/mol. The molecule has 66 valence electrons. The third-order valence-electron chi connectivity index (χ3n) is 1.55. The molecule has 1 heterocycles. The van der Waals surface area contributed by atoms with E-state index in [1.54, 1.807) is 0 Å². The summed E-state index contributed by atoms with van der Waals surface area (Å²) < 4.78 is 5.42. The van der Waals surface area contributed by atoms with E-state index in [2.05, 4.69) is 20.9 Å². The summed E-state index contributed by atoms with van der Waals surface area (Å²) >= 11 is 3.35. The van der Waals surface area contributed by atoms with Crippen molar-refractivity contribution in [1.82, 2.24) is 4.98 Å². The van der Waals surface area contributed by atoms with Gasteiger partial charge in [-0.25, -0.2) is 0 Å². The highest BCUT2D eigenvalue weighted by atomic mass is 79.9. The first kappa shape index (κ1) is 9.52. The fraction of sp³-hybridized carbons (Fsp3) is 0.444. The van der Waals surface area contributed by atoms with Gasteiger partial charge in [-0.3, -0.25) is 4.98 Å². The van der Waals surface area contributed by atoms with E-state index < -0.39 is 0 Å². The lowest BCUT2D eigenvalue weighted by atomic mass is 10.2. The van der Waals surface area contributed by atoms with Gasteiger partial charge in [0.15, 0.2) is 0 Å². The second kappa shape index (κ2) is 4.45. The zero-order valence-electron chi connectivity index (χ0n) is 7.30. The Morgan fingerprint density at radius 2 is 2.33 bits per heavy atom. The van der Waals surface area contributed by atoms with Crippen LogP contribution in [0, 0.1) is 6.92 Å². The van der Waals surface area contributed by atoms with Crippen molar-refractivity contribution in [2.24, 2.45) is 0 Å². The van der Waals surface area contributed by atoms with Crippen LogP contribution in [0.15, 0.2) is 12.3 Å². The summed E-state index contributed by atoms with van der Waals surface area (Å²) in [5.41, 5.74) is 2.09. The molecule has 0 aliphatic heterocycles.